The fourth-order valence-corrected chi connectivity index (χ4v) is 2.33. The van der Waals surface area contributed by atoms with E-state index in [-0.39, 0.29) is 12.0 Å². The standard InChI is InChI=1S/C20H24O3/c1-14-10-11-18(16(12-14)20(3,4)5)23-19(21)13-22-17-9-7-6-8-15(17)2/h6-12H,13H2,1-5H3. The van der Waals surface area contributed by atoms with Gasteiger partial charge in [-0.15, -0.1) is 0 Å². The van der Waals surface area contributed by atoms with Crippen LogP contribution in [0.15, 0.2) is 42.5 Å². The highest BCUT2D eigenvalue weighted by Crippen LogP contribution is 2.32. The van der Waals surface area contributed by atoms with Crippen molar-refractivity contribution >= 4 is 5.97 Å². The monoisotopic (exact) mass is 312 g/mol. The lowest BCUT2D eigenvalue weighted by Crippen LogP contribution is -2.21. The number of hydrogen-bond donors (Lipinski definition) is 0. The van der Waals surface area contributed by atoms with Gasteiger partial charge in [0.2, 0.25) is 0 Å². The summed E-state index contributed by atoms with van der Waals surface area (Å²) in [5.41, 5.74) is 3.05. The van der Waals surface area contributed by atoms with Gasteiger partial charge in [0.15, 0.2) is 6.61 Å². The van der Waals surface area contributed by atoms with E-state index in [9.17, 15) is 4.79 Å². The highest BCUT2D eigenvalue weighted by Gasteiger charge is 2.21. The minimum atomic E-state index is -0.400. The van der Waals surface area contributed by atoms with Crippen molar-refractivity contribution in [3.05, 3.63) is 59.2 Å². The van der Waals surface area contributed by atoms with Crippen LogP contribution in [0.25, 0.3) is 0 Å². The van der Waals surface area contributed by atoms with Crippen LogP contribution in [0.2, 0.25) is 0 Å². The van der Waals surface area contributed by atoms with Crippen LogP contribution in [0.5, 0.6) is 11.5 Å². The molecule has 3 nitrogen and oxygen atoms in total. The molecule has 122 valence electrons. The molecule has 0 saturated carbocycles. The van der Waals surface area contributed by atoms with E-state index < -0.39 is 5.97 Å². The van der Waals surface area contributed by atoms with Gasteiger partial charge < -0.3 is 9.47 Å². The Hall–Kier alpha value is -2.29. The Labute approximate surface area is 138 Å². The second kappa shape index (κ2) is 6.86. The van der Waals surface area contributed by atoms with Crippen molar-refractivity contribution in [1.82, 2.24) is 0 Å². The zero-order valence-corrected chi connectivity index (χ0v) is 14.5. The molecule has 23 heavy (non-hydrogen) atoms. The molecular weight excluding hydrogens is 288 g/mol. The summed E-state index contributed by atoms with van der Waals surface area (Å²) in [5.74, 6) is 0.897. The van der Waals surface area contributed by atoms with Crippen LogP contribution in [0.4, 0.5) is 0 Å². The zero-order chi connectivity index (χ0) is 17.0. The number of aryl methyl sites for hydroxylation is 2. The van der Waals surface area contributed by atoms with Crippen molar-refractivity contribution in [2.45, 2.75) is 40.0 Å². The van der Waals surface area contributed by atoms with E-state index in [0.717, 1.165) is 16.7 Å². The highest BCUT2D eigenvalue weighted by atomic mass is 16.6. The van der Waals surface area contributed by atoms with E-state index in [1.807, 2.05) is 50.2 Å². The minimum absolute atomic E-state index is 0.0987. The van der Waals surface area contributed by atoms with Crippen molar-refractivity contribution in [2.24, 2.45) is 0 Å². The SMILES string of the molecule is Cc1ccc(OC(=O)COc2ccccc2C)c(C(C)(C)C)c1. The second-order valence-electron chi connectivity index (χ2n) is 6.78. The quantitative estimate of drug-likeness (QED) is 0.612. The Kier molecular flexibility index (Phi) is 5.09. The van der Waals surface area contributed by atoms with E-state index in [1.54, 1.807) is 0 Å². The molecule has 0 heterocycles. The number of rotatable bonds is 4. The summed E-state index contributed by atoms with van der Waals surface area (Å²) in [6.07, 6.45) is 0. The average molecular weight is 312 g/mol. The molecule has 2 rings (SSSR count). The third kappa shape index (κ3) is 4.59. The third-order valence-electron chi connectivity index (χ3n) is 3.61. The summed E-state index contributed by atoms with van der Waals surface area (Å²) < 4.78 is 11.1. The molecule has 0 aliphatic rings. The van der Waals surface area contributed by atoms with Gasteiger partial charge in [0.05, 0.1) is 0 Å². The minimum Gasteiger partial charge on any atom is -0.482 e. The number of carbonyl (C=O) groups is 1. The lowest BCUT2D eigenvalue weighted by Gasteiger charge is -2.22. The molecule has 3 heteroatoms. The van der Waals surface area contributed by atoms with Gasteiger partial charge in [0.25, 0.3) is 0 Å². The molecule has 0 N–H and O–H groups in total. The van der Waals surface area contributed by atoms with Gasteiger partial charge in [-0.2, -0.15) is 0 Å². The summed E-state index contributed by atoms with van der Waals surface area (Å²) in [5, 5.41) is 0. The van der Waals surface area contributed by atoms with Crippen molar-refractivity contribution in [3.8, 4) is 11.5 Å². The van der Waals surface area contributed by atoms with Crippen molar-refractivity contribution < 1.29 is 14.3 Å². The molecule has 2 aromatic rings. The van der Waals surface area contributed by atoms with Crippen LogP contribution in [0.1, 0.15) is 37.5 Å². The molecule has 0 radical (unpaired) electrons. The number of para-hydroxylation sites is 1. The first-order chi connectivity index (χ1) is 10.8. The topological polar surface area (TPSA) is 35.5 Å². The van der Waals surface area contributed by atoms with Crippen LogP contribution in [-0.2, 0) is 10.2 Å². The first-order valence-electron chi connectivity index (χ1n) is 7.77. The molecule has 0 aromatic heterocycles. The Bertz CT molecular complexity index is 696. The first-order valence-corrected chi connectivity index (χ1v) is 7.77. The van der Waals surface area contributed by atoms with Gasteiger partial charge in [-0.3, -0.25) is 0 Å². The lowest BCUT2D eigenvalue weighted by molar-refractivity contribution is -0.136. The second-order valence-corrected chi connectivity index (χ2v) is 6.78. The fourth-order valence-electron chi connectivity index (χ4n) is 2.33. The highest BCUT2D eigenvalue weighted by molar-refractivity contribution is 5.74. The summed E-state index contributed by atoms with van der Waals surface area (Å²) in [7, 11) is 0. The van der Waals surface area contributed by atoms with Crippen molar-refractivity contribution in [2.75, 3.05) is 6.61 Å². The number of esters is 1. The largest absolute Gasteiger partial charge is 0.482 e. The van der Waals surface area contributed by atoms with Gasteiger partial charge in [-0.1, -0.05) is 56.7 Å². The molecule has 0 fully saturated rings. The number of benzene rings is 2. The van der Waals surface area contributed by atoms with Crippen molar-refractivity contribution in [3.63, 3.8) is 0 Å². The maximum Gasteiger partial charge on any atom is 0.349 e. The maximum atomic E-state index is 12.1. The van der Waals surface area contributed by atoms with E-state index in [0.29, 0.717) is 11.5 Å². The van der Waals surface area contributed by atoms with Crippen LogP contribution in [0, 0.1) is 13.8 Å². The Morgan fingerprint density at radius 2 is 1.70 bits per heavy atom. The predicted molar refractivity (Wildman–Crippen MR) is 92.2 cm³/mol. The summed E-state index contributed by atoms with van der Waals surface area (Å²) in [4.78, 5) is 12.1. The number of ether oxygens (including phenoxy) is 2. The third-order valence-corrected chi connectivity index (χ3v) is 3.61. The summed E-state index contributed by atoms with van der Waals surface area (Å²) in [6.45, 7) is 10.2. The van der Waals surface area contributed by atoms with Gasteiger partial charge in [-0.05, 0) is 37.0 Å². The molecule has 0 spiro atoms. The molecule has 0 unspecified atom stereocenters. The number of carbonyl (C=O) groups excluding carboxylic acids is 1. The van der Waals surface area contributed by atoms with Gasteiger partial charge >= 0.3 is 5.97 Å². The smallest absolute Gasteiger partial charge is 0.349 e. The molecule has 0 aliphatic heterocycles. The van der Waals surface area contributed by atoms with Crippen molar-refractivity contribution in [1.29, 1.82) is 0 Å². The fraction of sp³-hybridized carbons (Fsp3) is 0.350. The van der Waals surface area contributed by atoms with Crippen LogP contribution in [-0.4, -0.2) is 12.6 Å². The Balaban J connectivity index is 2.08. The number of hydrogen-bond acceptors (Lipinski definition) is 3. The first kappa shape index (κ1) is 17.1. The van der Waals surface area contributed by atoms with E-state index in [4.69, 9.17) is 9.47 Å². The zero-order valence-electron chi connectivity index (χ0n) is 14.5. The molecular formula is C20H24O3. The molecule has 0 amide bonds. The van der Waals surface area contributed by atoms with Crippen LogP contribution in [0.3, 0.4) is 0 Å². The van der Waals surface area contributed by atoms with Gasteiger partial charge in [-0.25, -0.2) is 4.79 Å². The summed E-state index contributed by atoms with van der Waals surface area (Å²) >= 11 is 0. The average Bonchev–Trinajstić information content (AvgIpc) is 2.47. The normalized spacial score (nSPS) is 11.2. The molecule has 0 bridgehead atoms. The van der Waals surface area contributed by atoms with E-state index in [2.05, 4.69) is 26.8 Å². The Morgan fingerprint density at radius 1 is 1.00 bits per heavy atom. The molecule has 2 aromatic carbocycles. The summed E-state index contributed by atoms with van der Waals surface area (Å²) in [6, 6.07) is 13.5. The van der Waals surface area contributed by atoms with Crippen LogP contribution < -0.4 is 9.47 Å². The van der Waals surface area contributed by atoms with E-state index >= 15 is 0 Å². The maximum absolute atomic E-state index is 12.1. The Morgan fingerprint density at radius 3 is 2.35 bits per heavy atom. The van der Waals surface area contributed by atoms with Crippen LogP contribution >= 0.6 is 0 Å². The van der Waals surface area contributed by atoms with Gasteiger partial charge in [0.1, 0.15) is 11.5 Å². The predicted octanol–water partition coefficient (Wildman–Crippen LogP) is 4.59. The molecule has 0 aliphatic carbocycles. The molecule has 0 saturated heterocycles. The lowest BCUT2D eigenvalue weighted by atomic mass is 9.85. The van der Waals surface area contributed by atoms with Gasteiger partial charge in [0, 0.05) is 5.56 Å². The molecule has 0 atom stereocenters. The van der Waals surface area contributed by atoms with E-state index in [1.165, 1.54) is 0 Å².